The molecule has 1 amide bonds. The molecule has 1 aromatic carbocycles. The highest BCUT2D eigenvalue weighted by Gasteiger charge is 2.10. The SMILES string of the molecule is CNCCCC(=O)Nc1cc(C)cc(C)c1OC. The minimum Gasteiger partial charge on any atom is -0.494 e. The van der Waals surface area contributed by atoms with Crippen molar-refractivity contribution in [3.05, 3.63) is 23.3 Å². The molecule has 2 N–H and O–H groups in total. The number of aryl methyl sites for hydroxylation is 2. The molecule has 0 atom stereocenters. The largest absolute Gasteiger partial charge is 0.494 e. The number of ether oxygens (including phenoxy) is 1. The molecule has 4 nitrogen and oxygen atoms in total. The summed E-state index contributed by atoms with van der Waals surface area (Å²) < 4.78 is 5.33. The number of amides is 1. The van der Waals surface area contributed by atoms with Crippen LogP contribution in [0.4, 0.5) is 5.69 Å². The van der Waals surface area contributed by atoms with Crippen molar-refractivity contribution >= 4 is 11.6 Å². The standard InChI is InChI=1S/C14H22N2O2/c1-10-8-11(2)14(18-4)12(9-10)16-13(17)6-5-7-15-3/h8-9,15H,5-7H2,1-4H3,(H,16,17). The van der Waals surface area contributed by atoms with Crippen LogP contribution in [0, 0.1) is 13.8 Å². The van der Waals surface area contributed by atoms with Gasteiger partial charge in [0.05, 0.1) is 12.8 Å². The second-order valence-corrected chi connectivity index (χ2v) is 4.42. The maximum absolute atomic E-state index is 11.8. The number of benzene rings is 1. The Kier molecular flexibility index (Phi) is 5.65. The van der Waals surface area contributed by atoms with Crippen molar-refractivity contribution in [3.8, 4) is 5.75 Å². The predicted octanol–water partition coefficient (Wildman–Crippen LogP) is 2.25. The summed E-state index contributed by atoms with van der Waals surface area (Å²) in [5.74, 6) is 0.760. The molecule has 100 valence electrons. The van der Waals surface area contributed by atoms with Crippen molar-refractivity contribution in [3.63, 3.8) is 0 Å². The molecular weight excluding hydrogens is 228 g/mol. The van der Waals surface area contributed by atoms with E-state index in [1.165, 1.54) is 0 Å². The number of methoxy groups -OCH3 is 1. The van der Waals surface area contributed by atoms with Crippen LogP contribution in [0.1, 0.15) is 24.0 Å². The third kappa shape index (κ3) is 4.04. The summed E-state index contributed by atoms with van der Waals surface area (Å²) in [7, 11) is 3.50. The minimum atomic E-state index is 0.0218. The lowest BCUT2D eigenvalue weighted by atomic mass is 10.1. The summed E-state index contributed by atoms with van der Waals surface area (Å²) in [5, 5.41) is 5.93. The average molecular weight is 250 g/mol. The summed E-state index contributed by atoms with van der Waals surface area (Å²) in [6, 6.07) is 3.97. The average Bonchev–Trinajstić information content (AvgIpc) is 2.28. The van der Waals surface area contributed by atoms with E-state index in [4.69, 9.17) is 4.74 Å². The first-order chi connectivity index (χ1) is 8.58. The topological polar surface area (TPSA) is 50.4 Å². The predicted molar refractivity (Wildman–Crippen MR) is 74.3 cm³/mol. The fourth-order valence-corrected chi connectivity index (χ4v) is 1.96. The minimum absolute atomic E-state index is 0.0218. The van der Waals surface area contributed by atoms with E-state index in [0.29, 0.717) is 6.42 Å². The van der Waals surface area contributed by atoms with Crippen LogP contribution in [-0.2, 0) is 4.79 Å². The van der Waals surface area contributed by atoms with Gasteiger partial charge in [0.2, 0.25) is 5.91 Å². The first kappa shape index (κ1) is 14.5. The number of hydrogen-bond donors (Lipinski definition) is 2. The monoisotopic (exact) mass is 250 g/mol. The molecule has 1 aromatic rings. The van der Waals surface area contributed by atoms with Gasteiger partial charge in [-0.05, 0) is 51.1 Å². The zero-order chi connectivity index (χ0) is 13.5. The van der Waals surface area contributed by atoms with Gasteiger partial charge in [-0.25, -0.2) is 0 Å². The lowest BCUT2D eigenvalue weighted by Gasteiger charge is -2.13. The van der Waals surface area contributed by atoms with Crippen LogP contribution in [0.15, 0.2) is 12.1 Å². The third-order valence-electron chi connectivity index (χ3n) is 2.73. The van der Waals surface area contributed by atoms with Crippen molar-refractivity contribution in [2.45, 2.75) is 26.7 Å². The van der Waals surface area contributed by atoms with E-state index < -0.39 is 0 Å². The molecule has 18 heavy (non-hydrogen) atoms. The van der Waals surface area contributed by atoms with Gasteiger partial charge < -0.3 is 15.4 Å². The van der Waals surface area contributed by atoms with Crippen LogP contribution < -0.4 is 15.4 Å². The highest BCUT2D eigenvalue weighted by molar-refractivity contribution is 5.92. The van der Waals surface area contributed by atoms with E-state index in [1.54, 1.807) is 7.11 Å². The Morgan fingerprint density at radius 1 is 1.33 bits per heavy atom. The first-order valence-corrected chi connectivity index (χ1v) is 6.18. The van der Waals surface area contributed by atoms with Crippen LogP contribution in [0.3, 0.4) is 0 Å². The van der Waals surface area contributed by atoms with Gasteiger partial charge in [-0.3, -0.25) is 4.79 Å². The van der Waals surface area contributed by atoms with Crippen molar-refractivity contribution in [1.29, 1.82) is 0 Å². The summed E-state index contributed by atoms with van der Waals surface area (Å²) in [6.45, 7) is 4.82. The van der Waals surface area contributed by atoms with Gasteiger partial charge >= 0.3 is 0 Å². The second kappa shape index (κ2) is 7.01. The Morgan fingerprint density at radius 3 is 2.67 bits per heavy atom. The van der Waals surface area contributed by atoms with Gasteiger partial charge in [0, 0.05) is 6.42 Å². The number of nitrogens with one attached hydrogen (secondary N) is 2. The zero-order valence-electron chi connectivity index (χ0n) is 11.6. The van der Waals surface area contributed by atoms with Crippen molar-refractivity contribution in [2.75, 3.05) is 26.0 Å². The fourth-order valence-electron chi connectivity index (χ4n) is 1.96. The number of hydrogen-bond acceptors (Lipinski definition) is 3. The zero-order valence-corrected chi connectivity index (χ0v) is 11.6. The quantitative estimate of drug-likeness (QED) is 0.761. The highest BCUT2D eigenvalue weighted by atomic mass is 16.5. The van der Waals surface area contributed by atoms with Crippen LogP contribution in [0.2, 0.25) is 0 Å². The molecule has 0 spiro atoms. The second-order valence-electron chi connectivity index (χ2n) is 4.42. The summed E-state index contributed by atoms with van der Waals surface area (Å²) in [4.78, 5) is 11.8. The maximum Gasteiger partial charge on any atom is 0.224 e. The third-order valence-corrected chi connectivity index (χ3v) is 2.73. The van der Waals surface area contributed by atoms with E-state index in [2.05, 4.69) is 10.6 Å². The molecule has 0 bridgehead atoms. The normalized spacial score (nSPS) is 10.2. The Labute approximate surface area is 109 Å². The molecule has 0 fully saturated rings. The molecular formula is C14H22N2O2. The van der Waals surface area contributed by atoms with E-state index >= 15 is 0 Å². The molecule has 0 heterocycles. The number of rotatable bonds is 6. The maximum atomic E-state index is 11.8. The Balaban J connectivity index is 2.74. The Morgan fingerprint density at radius 2 is 2.06 bits per heavy atom. The van der Waals surface area contributed by atoms with Gasteiger partial charge in [-0.1, -0.05) is 6.07 Å². The highest BCUT2D eigenvalue weighted by Crippen LogP contribution is 2.29. The van der Waals surface area contributed by atoms with Crippen LogP contribution in [-0.4, -0.2) is 26.6 Å². The van der Waals surface area contributed by atoms with Crippen molar-refractivity contribution < 1.29 is 9.53 Å². The summed E-state index contributed by atoms with van der Waals surface area (Å²) in [6.07, 6.45) is 1.34. The summed E-state index contributed by atoms with van der Waals surface area (Å²) in [5.41, 5.74) is 2.89. The van der Waals surface area contributed by atoms with Gasteiger partial charge in [0.15, 0.2) is 0 Å². The number of carbonyl (C=O) groups excluding carboxylic acids is 1. The molecule has 0 aromatic heterocycles. The van der Waals surface area contributed by atoms with Crippen molar-refractivity contribution in [1.82, 2.24) is 5.32 Å². The number of carbonyl (C=O) groups is 1. The van der Waals surface area contributed by atoms with E-state index in [1.807, 2.05) is 33.0 Å². The Bertz CT molecular complexity index is 417. The lowest BCUT2D eigenvalue weighted by Crippen LogP contribution is -2.16. The van der Waals surface area contributed by atoms with Gasteiger partial charge in [0.1, 0.15) is 5.75 Å². The molecule has 4 heteroatoms. The molecule has 0 saturated heterocycles. The molecule has 0 aliphatic carbocycles. The summed E-state index contributed by atoms with van der Waals surface area (Å²) >= 11 is 0. The number of anilines is 1. The van der Waals surface area contributed by atoms with Gasteiger partial charge in [-0.2, -0.15) is 0 Å². The van der Waals surface area contributed by atoms with E-state index in [-0.39, 0.29) is 5.91 Å². The fraction of sp³-hybridized carbons (Fsp3) is 0.500. The van der Waals surface area contributed by atoms with Crippen LogP contribution in [0.5, 0.6) is 5.75 Å². The smallest absolute Gasteiger partial charge is 0.224 e. The van der Waals surface area contributed by atoms with Crippen LogP contribution >= 0.6 is 0 Å². The Hall–Kier alpha value is -1.55. The van der Waals surface area contributed by atoms with E-state index in [0.717, 1.165) is 35.5 Å². The molecule has 0 unspecified atom stereocenters. The molecule has 0 aliphatic rings. The van der Waals surface area contributed by atoms with Crippen molar-refractivity contribution in [2.24, 2.45) is 0 Å². The first-order valence-electron chi connectivity index (χ1n) is 6.18. The van der Waals surface area contributed by atoms with Crippen LogP contribution in [0.25, 0.3) is 0 Å². The van der Waals surface area contributed by atoms with Gasteiger partial charge in [0.25, 0.3) is 0 Å². The lowest BCUT2D eigenvalue weighted by molar-refractivity contribution is -0.116. The molecule has 0 saturated carbocycles. The molecule has 1 rings (SSSR count). The van der Waals surface area contributed by atoms with Gasteiger partial charge in [-0.15, -0.1) is 0 Å². The molecule has 0 radical (unpaired) electrons. The van der Waals surface area contributed by atoms with E-state index in [9.17, 15) is 4.79 Å². The molecule has 0 aliphatic heterocycles.